The van der Waals surface area contributed by atoms with Crippen molar-refractivity contribution in [1.29, 1.82) is 0 Å². The molecule has 0 bridgehead atoms. The summed E-state index contributed by atoms with van der Waals surface area (Å²) in [5, 5.41) is 8.84. The van der Waals surface area contributed by atoms with Gasteiger partial charge in [-0.15, -0.1) is 0 Å². The van der Waals surface area contributed by atoms with Crippen LogP contribution in [0.15, 0.2) is 30.5 Å². The molecule has 1 heterocycles. The van der Waals surface area contributed by atoms with Gasteiger partial charge in [0.05, 0.1) is 5.56 Å². The average molecular weight is 296 g/mol. The Hall–Kier alpha value is -2.31. The summed E-state index contributed by atoms with van der Waals surface area (Å²) in [4.78, 5) is 14.5. The molecule has 3 rings (SSSR count). The molecule has 0 amide bonds. The summed E-state index contributed by atoms with van der Waals surface area (Å²) in [6.45, 7) is 0. The quantitative estimate of drug-likeness (QED) is 0.941. The van der Waals surface area contributed by atoms with Crippen LogP contribution in [0, 0.1) is 0 Å². The second kappa shape index (κ2) is 4.61. The lowest BCUT2D eigenvalue weighted by atomic mass is 10.1. The van der Waals surface area contributed by atoms with E-state index >= 15 is 0 Å². The number of benzene rings is 1. The zero-order valence-corrected chi connectivity index (χ0v) is 10.8. The number of alkyl halides is 3. The van der Waals surface area contributed by atoms with Gasteiger partial charge in [-0.2, -0.15) is 13.2 Å². The van der Waals surface area contributed by atoms with E-state index in [1.54, 1.807) is 0 Å². The van der Waals surface area contributed by atoms with Gasteiger partial charge in [0.2, 0.25) is 0 Å². The fourth-order valence-electron chi connectivity index (χ4n) is 2.14. The van der Waals surface area contributed by atoms with E-state index in [1.807, 2.05) is 0 Å². The van der Waals surface area contributed by atoms with E-state index in [0.717, 1.165) is 19.0 Å². The Morgan fingerprint density at radius 1 is 1.24 bits per heavy atom. The molecule has 0 spiro atoms. The highest BCUT2D eigenvalue weighted by molar-refractivity contribution is 5.88. The van der Waals surface area contributed by atoms with Gasteiger partial charge in [-0.1, -0.05) is 12.1 Å². The predicted molar refractivity (Wildman–Crippen MR) is 67.9 cm³/mol. The van der Waals surface area contributed by atoms with Gasteiger partial charge in [0.25, 0.3) is 0 Å². The minimum Gasteiger partial charge on any atom is -0.478 e. The summed E-state index contributed by atoms with van der Waals surface area (Å²) < 4.78 is 39.9. The lowest BCUT2D eigenvalue weighted by molar-refractivity contribution is -0.140. The summed E-state index contributed by atoms with van der Waals surface area (Å²) in [7, 11) is 0. The first kappa shape index (κ1) is 13.7. The summed E-state index contributed by atoms with van der Waals surface area (Å²) in [6, 6.07) is 5.71. The zero-order chi connectivity index (χ0) is 15.2. The maximum absolute atomic E-state index is 12.8. The monoisotopic (exact) mass is 296 g/mol. The largest absolute Gasteiger partial charge is 0.478 e. The van der Waals surface area contributed by atoms with E-state index < -0.39 is 17.8 Å². The van der Waals surface area contributed by atoms with Crippen molar-refractivity contribution in [3.05, 3.63) is 41.7 Å². The third-order valence-corrected chi connectivity index (χ3v) is 3.35. The van der Waals surface area contributed by atoms with E-state index in [0.29, 0.717) is 5.56 Å². The molecule has 0 radical (unpaired) electrons. The van der Waals surface area contributed by atoms with Crippen molar-refractivity contribution >= 4 is 5.97 Å². The number of rotatable bonds is 3. The minimum atomic E-state index is -4.49. The molecular weight excluding hydrogens is 285 g/mol. The number of nitrogens with zero attached hydrogens (tertiary/aromatic N) is 2. The molecule has 0 unspecified atom stereocenters. The first-order chi connectivity index (χ1) is 9.86. The normalized spacial score (nSPS) is 15.2. The number of hydrogen-bond acceptors (Lipinski definition) is 2. The van der Waals surface area contributed by atoms with Crippen molar-refractivity contribution in [3.63, 3.8) is 0 Å². The molecule has 0 saturated heterocycles. The Labute approximate surface area is 117 Å². The highest BCUT2D eigenvalue weighted by atomic mass is 19.4. The summed E-state index contributed by atoms with van der Waals surface area (Å²) in [5.41, 5.74) is -0.367. The van der Waals surface area contributed by atoms with Gasteiger partial charge >= 0.3 is 12.1 Å². The molecule has 7 heteroatoms. The maximum Gasteiger partial charge on any atom is 0.434 e. The Bertz CT molecular complexity index is 685. The van der Waals surface area contributed by atoms with Crippen LogP contribution in [0.3, 0.4) is 0 Å². The Kier molecular flexibility index (Phi) is 3.00. The third-order valence-electron chi connectivity index (χ3n) is 3.35. The van der Waals surface area contributed by atoms with Crippen LogP contribution < -0.4 is 0 Å². The molecule has 0 atom stereocenters. The molecule has 2 aromatic rings. The fourth-order valence-corrected chi connectivity index (χ4v) is 2.14. The molecule has 1 saturated carbocycles. The van der Waals surface area contributed by atoms with Crippen LogP contribution in [-0.4, -0.2) is 20.6 Å². The molecule has 1 aromatic heterocycles. The van der Waals surface area contributed by atoms with Crippen molar-refractivity contribution in [2.45, 2.75) is 25.1 Å². The average Bonchev–Trinajstić information content (AvgIpc) is 3.16. The first-order valence-electron chi connectivity index (χ1n) is 6.36. The third kappa shape index (κ3) is 2.63. The molecule has 21 heavy (non-hydrogen) atoms. The zero-order valence-electron chi connectivity index (χ0n) is 10.8. The van der Waals surface area contributed by atoms with Gasteiger partial charge < -0.3 is 9.67 Å². The Balaban J connectivity index is 2.04. The van der Waals surface area contributed by atoms with Crippen LogP contribution in [0.2, 0.25) is 0 Å². The summed E-state index contributed by atoms with van der Waals surface area (Å²) in [6.07, 6.45) is -1.81. The van der Waals surface area contributed by atoms with Crippen molar-refractivity contribution in [2.75, 3.05) is 0 Å². The van der Waals surface area contributed by atoms with E-state index in [4.69, 9.17) is 5.11 Å². The second-order valence-electron chi connectivity index (χ2n) is 4.97. The number of halogens is 3. The van der Waals surface area contributed by atoms with Crippen molar-refractivity contribution < 1.29 is 23.1 Å². The number of carboxylic acid groups (broad SMARTS) is 1. The predicted octanol–water partition coefficient (Wildman–Crippen LogP) is 3.60. The molecule has 110 valence electrons. The van der Waals surface area contributed by atoms with E-state index in [-0.39, 0.29) is 17.4 Å². The molecule has 1 aliphatic rings. The fraction of sp³-hybridized carbons (Fsp3) is 0.286. The number of imidazole rings is 1. The lowest BCUT2D eigenvalue weighted by Gasteiger charge is -2.06. The SMILES string of the molecule is O=C(O)c1ccc(-c2nc(C(F)(F)F)cn2C2CC2)cc1. The second-order valence-corrected chi connectivity index (χ2v) is 4.97. The molecular formula is C14H11F3N2O2. The molecule has 1 fully saturated rings. The van der Waals surface area contributed by atoms with E-state index in [2.05, 4.69) is 4.98 Å². The number of carboxylic acids is 1. The highest BCUT2D eigenvalue weighted by Crippen LogP contribution is 2.40. The molecule has 1 aliphatic carbocycles. The molecule has 0 aliphatic heterocycles. The molecule has 1 N–H and O–H groups in total. The lowest BCUT2D eigenvalue weighted by Crippen LogP contribution is -2.05. The highest BCUT2D eigenvalue weighted by Gasteiger charge is 2.37. The van der Waals surface area contributed by atoms with Gasteiger partial charge in [0.15, 0.2) is 5.69 Å². The smallest absolute Gasteiger partial charge is 0.434 e. The van der Waals surface area contributed by atoms with Crippen molar-refractivity contribution in [2.24, 2.45) is 0 Å². The Morgan fingerprint density at radius 2 is 1.86 bits per heavy atom. The number of aromatic carboxylic acids is 1. The van der Waals surface area contributed by atoms with Crippen LogP contribution in [0.1, 0.15) is 34.9 Å². The van der Waals surface area contributed by atoms with Gasteiger partial charge in [-0.3, -0.25) is 0 Å². The van der Waals surface area contributed by atoms with Crippen LogP contribution >= 0.6 is 0 Å². The number of carbonyl (C=O) groups is 1. The van der Waals surface area contributed by atoms with Crippen LogP contribution in [0.4, 0.5) is 13.2 Å². The van der Waals surface area contributed by atoms with E-state index in [1.165, 1.54) is 28.8 Å². The number of aromatic nitrogens is 2. The van der Waals surface area contributed by atoms with Crippen molar-refractivity contribution in [1.82, 2.24) is 9.55 Å². The van der Waals surface area contributed by atoms with Crippen LogP contribution in [0.5, 0.6) is 0 Å². The maximum atomic E-state index is 12.8. The van der Waals surface area contributed by atoms with Crippen molar-refractivity contribution in [3.8, 4) is 11.4 Å². The van der Waals surface area contributed by atoms with Gasteiger partial charge in [0.1, 0.15) is 5.82 Å². The summed E-state index contributed by atoms with van der Waals surface area (Å²) >= 11 is 0. The Morgan fingerprint density at radius 3 is 2.33 bits per heavy atom. The number of hydrogen-bond donors (Lipinski definition) is 1. The topological polar surface area (TPSA) is 55.1 Å². The first-order valence-corrected chi connectivity index (χ1v) is 6.36. The van der Waals surface area contributed by atoms with Gasteiger partial charge in [-0.25, -0.2) is 9.78 Å². The summed E-state index contributed by atoms with van der Waals surface area (Å²) in [5.74, 6) is -0.857. The van der Waals surface area contributed by atoms with E-state index in [9.17, 15) is 18.0 Å². The molecule has 4 nitrogen and oxygen atoms in total. The van der Waals surface area contributed by atoms with Gasteiger partial charge in [0, 0.05) is 17.8 Å². The standard InChI is InChI=1S/C14H11F3N2O2/c15-14(16,17)11-7-19(10-5-6-10)12(18-11)8-1-3-9(4-2-8)13(20)21/h1-4,7,10H,5-6H2,(H,20,21). The van der Waals surface area contributed by atoms with Gasteiger partial charge in [-0.05, 0) is 25.0 Å². The van der Waals surface area contributed by atoms with Crippen LogP contribution in [-0.2, 0) is 6.18 Å². The minimum absolute atomic E-state index is 0.0442. The van der Waals surface area contributed by atoms with Crippen LogP contribution in [0.25, 0.3) is 11.4 Å². The molecule has 1 aromatic carbocycles.